The van der Waals surface area contributed by atoms with Gasteiger partial charge in [0.25, 0.3) is 0 Å². The van der Waals surface area contributed by atoms with Crippen LogP contribution < -0.4 is 4.74 Å². The first-order valence-corrected chi connectivity index (χ1v) is 12.0. The summed E-state index contributed by atoms with van der Waals surface area (Å²) < 4.78 is 5.32. The number of rotatable bonds is 7. The van der Waals surface area contributed by atoms with Crippen LogP contribution in [0.5, 0.6) is 5.75 Å². The first kappa shape index (κ1) is 21.3. The lowest BCUT2D eigenvalue weighted by Crippen LogP contribution is -2.32. The van der Waals surface area contributed by atoms with Gasteiger partial charge < -0.3 is 9.64 Å². The van der Waals surface area contributed by atoms with E-state index in [-0.39, 0.29) is 5.91 Å². The molecule has 5 nitrogen and oxygen atoms in total. The van der Waals surface area contributed by atoms with Gasteiger partial charge in [-0.3, -0.25) is 14.6 Å². The molecular weight excluding hydrogens is 394 g/mol. The van der Waals surface area contributed by atoms with Crippen molar-refractivity contribution in [2.75, 3.05) is 39.8 Å². The number of benzene rings is 1. The van der Waals surface area contributed by atoms with Crippen molar-refractivity contribution in [2.45, 2.75) is 45.3 Å². The fourth-order valence-electron chi connectivity index (χ4n) is 4.42. The van der Waals surface area contributed by atoms with Gasteiger partial charge in [0, 0.05) is 50.6 Å². The highest BCUT2D eigenvalue weighted by Gasteiger charge is 2.22. The Morgan fingerprint density at radius 1 is 0.900 bits per heavy atom. The zero-order chi connectivity index (χ0) is 20.8. The zero-order valence-corrected chi connectivity index (χ0v) is 18.8. The summed E-state index contributed by atoms with van der Waals surface area (Å²) in [5.74, 6) is 1.09. The monoisotopic (exact) mass is 427 g/mol. The topological polar surface area (TPSA) is 36.0 Å². The first-order chi connectivity index (χ1) is 14.7. The summed E-state index contributed by atoms with van der Waals surface area (Å²) in [7, 11) is 1.68. The Kier molecular flexibility index (Phi) is 7.42. The van der Waals surface area contributed by atoms with Crippen molar-refractivity contribution in [2.24, 2.45) is 0 Å². The number of carbonyl (C=O) groups excluding carboxylic acids is 1. The van der Waals surface area contributed by atoms with E-state index in [0.717, 1.165) is 44.0 Å². The number of hydrogen-bond acceptors (Lipinski definition) is 5. The molecule has 2 saturated heterocycles. The molecule has 0 radical (unpaired) electrons. The predicted octanol–water partition coefficient (Wildman–Crippen LogP) is 3.98. The lowest BCUT2D eigenvalue weighted by molar-refractivity contribution is -0.130. The molecule has 3 heterocycles. The molecule has 0 spiro atoms. The van der Waals surface area contributed by atoms with Crippen LogP contribution in [-0.2, 0) is 24.4 Å². The molecule has 0 unspecified atom stereocenters. The van der Waals surface area contributed by atoms with Gasteiger partial charge in [0.05, 0.1) is 7.11 Å². The molecule has 1 amide bonds. The van der Waals surface area contributed by atoms with E-state index in [4.69, 9.17) is 4.74 Å². The Labute approximate surface area is 184 Å². The van der Waals surface area contributed by atoms with Gasteiger partial charge in [-0.05, 0) is 60.6 Å². The summed E-state index contributed by atoms with van der Waals surface area (Å²) in [6.07, 6.45) is 4.65. The van der Waals surface area contributed by atoms with E-state index >= 15 is 0 Å². The molecule has 0 bridgehead atoms. The highest BCUT2D eigenvalue weighted by molar-refractivity contribution is 7.10. The molecule has 6 heteroatoms. The minimum absolute atomic E-state index is 0.247. The van der Waals surface area contributed by atoms with Crippen molar-refractivity contribution in [1.82, 2.24) is 14.7 Å². The SMILES string of the molecule is COc1cccc(CN2CCN(Cc3cc(CN4CCCCC4)cs3)CCC2=O)c1. The third kappa shape index (κ3) is 5.84. The lowest BCUT2D eigenvalue weighted by atomic mass is 10.1. The van der Waals surface area contributed by atoms with Gasteiger partial charge in [-0.15, -0.1) is 11.3 Å². The lowest BCUT2D eigenvalue weighted by Gasteiger charge is -2.25. The van der Waals surface area contributed by atoms with Crippen molar-refractivity contribution in [3.05, 3.63) is 51.7 Å². The quantitative estimate of drug-likeness (QED) is 0.670. The molecule has 4 rings (SSSR count). The summed E-state index contributed by atoms with van der Waals surface area (Å²) in [5.41, 5.74) is 2.57. The number of nitrogens with zero attached hydrogens (tertiary/aromatic N) is 3. The largest absolute Gasteiger partial charge is 0.497 e. The fourth-order valence-corrected chi connectivity index (χ4v) is 5.34. The van der Waals surface area contributed by atoms with Crippen LogP contribution in [0, 0.1) is 0 Å². The second-order valence-electron chi connectivity index (χ2n) is 8.45. The molecule has 0 aliphatic carbocycles. The van der Waals surface area contributed by atoms with Gasteiger partial charge in [-0.25, -0.2) is 0 Å². The standard InChI is InChI=1S/C24H33N3O2S/c1-29-22-7-5-6-20(14-22)17-27-13-12-26(11-8-24(27)28)18-23-15-21(19-30-23)16-25-9-3-2-4-10-25/h5-7,14-15,19H,2-4,8-13,16-18H2,1H3. The van der Waals surface area contributed by atoms with E-state index in [9.17, 15) is 4.79 Å². The summed E-state index contributed by atoms with van der Waals surface area (Å²) >= 11 is 1.87. The second-order valence-corrected chi connectivity index (χ2v) is 9.45. The molecule has 0 N–H and O–H groups in total. The van der Waals surface area contributed by atoms with Crippen molar-refractivity contribution < 1.29 is 9.53 Å². The number of thiophene rings is 1. The van der Waals surface area contributed by atoms with Gasteiger partial charge in [0.1, 0.15) is 5.75 Å². The third-order valence-corrected chi connectivity index (χ3v) is 7.10. The van der Waals surface area contributed by atoms with Crippen LogP contribution in [0.4, 0.5) is 0 Å². The predicted molar refractivity (Wildman–Crippen MR) is 122 cm³/mol. The zero-order valence-electron chi connectivity index (χ0n) is 18.0. The van der Waals surface area contributed by atoms with Crippen LogP contribution in [0.1, 0.15) is 41.7 Å². The van der Waals surface area contributed by atoms with Crippen LogP contribution >= 0.6 is 11.3 Å². The summed E-state index contributed by atoms with van der Waals surface area (Å²) in [5, 5.41) is 2.32. The molecule has 30 heavy (non-hydrogen) atoms. The highest BCUT2D eigenvalue weighted by atomic mass is 32.1. The maximum absolute atomic E-state index is 12.7. The average molecular weight is 428 g/mol. The Bertz CT molecular complexity index is 831. The van der Waals surface area contributed by atoms with Gasteiger partial charge in [0.15, 0.2) is 0 Å². The number of ether oxygens (including phenoxy) is 1. The minimum atomic E-state index is 0.247. The summed E-state index contributed by atoms with van der Waals surface area (Å²) in [4.78, 5) is 21.1. The maximum atomic E-state index is 12.7. The number of carbonyl (C=O) groups is 1. The Hall–Kier alpha value is -1.89. The van der Waals surface area contributed by atoms with E-state index in [2.05, 4.69) is 27.3 Å². The maximum Gasteiger partial charge on any atom is 0.224 e. The molecule has 1 aromatic heterocycles. The average Bonchev–Trinajstić information content (AvgIpc) is 3.14. The van der Waals surface area contributed by atoms with Crippen LogP contribution in [0.2, 0.25) is 0 Å². The van der Waals surface area contributed by atoms with Gasteiger partial charge in [-0.2, -0.15) is 0 Å². The highest BCUT2D eigenvalue weighted by Crippen LogP contribution is 2.22. The molecule has 2 aliphatic heterocycles. The Morgan fingerprint density at radius 2 is 1.73 bits per heavy atom. The fraction of sp³-hybridized carbons (Fsp3) is 0.542. The number of hydrogen-bond donors (Lipinski definition) is 0. The summed E-state index contributed by atoms with van der Waals surface area (Å²) in [6, 6.07) is 10.4. The van der Waals surface area contributed by atoms with Crippen LogP contribution in [0.25, 0.3) is 0 Å². The summed E-state index contributed by atoms with van der Waals surface area (Å²) in [6.45, 7) is 7.71. The normalized spacial score (nSPS) is 19.1. The second kappa shape index (κ2) is 10.4. The number of methoxy groups -OCH3 is 1. The van der Waals surface area contributed by atoms with E-state index in [1.165, 1.54) is 42.8 Å². The van der Waals surface area contributed by atoms with Crippen molar-refractivity contribution >= 4 is 17.2 Å². The molecular formula is C24H33N3O2S. The van der Waals surface area contributed by atoms with Crippen molar-refractivity contribution in [3.8, 4) is 5.75 Å². The Balaban J connectivity index is 1.29. The van der Waals surface area contributed by atoms with E-state index in [1.807, 2.05) is 34.4 Å². The Morgan fingerprint density at radius 3 is 2.57 bits per heavy atom. The number of likely N-dealkylation sites (tertiary alicyclic amines) is 1. The smallest absolute Gasteiger partial charge is 0.224 e. The van der Waals surface area contributed by atoms with Crippen LogP contribution in [0.15, 0.2) is 35.7 Å². The molecule has 0 saturated carbocycles. The number of piperidine rings is 1. The molecule has 2 fully saturated rings. The molecule has 162 valence electrons. The van der Waals surface area contributed by atoms with Gasteiger partial charge >= 0.3 is 0 Å². The van der Waals surface area contributed by atoms with E-state index in [1.54, 1.807) is 7.11 Å². The first-order valence-electron chi connectivity index (χ1n) is 11.1. The van der Waals surface area contributed by atoms with E-state index in [0.29, 0.717) is 13.0 Å². The minimum Gasteiger partial charge on any atom is -0.497 e. The molecule has 0 atom stereocenters. The van der Waals surface area contributed by atoms with E-state index < -0.39 is 0 Å². The van der Waals surface area contributed by atoms with Crippen molar-refractivity contribution in [1.29, 1.82) is 0 Å². The molecule has 2 aromatic rings. The van der Waals surface area contributed by atoms with Gasteiger partial charge in [-0.1, -0.05) is 18.6 Å². The molecule has 1 aromatic carbocycles. The number of amides is 1. The third-order valence-electron chi connectivity index (χ3n) is 6.13. The van der Waals surface area contributed by atoms with Crippen molar-refractivity contribution in [3.63, 3.8) is 0 Å². The van der Waals surface area contributed by atoms with Crippen LogP contribution in [0.3, 0.4) is 0 Å². The van der Waals surface area contributed by atoms with Gasteiger partial charge in [0.2, 0.25) is 5.91 Å². The molecule has 2 aliphatic rings. The van der Waals surface area contributed by atoms with Crippen LogP contribution in [-0.4, -0.2) is 60.4 Å².